The number of carbonyl (C=O) groups is 1. The molecule has 0 atom stereocenters. The smallest absolute Gasteiger partial charge is 0.146 e. The Balaban J connectivity index is 0.000000459. The first-order valence-corrected chi connectivity index (χ1v) is 6.34. The number of benzene rings is 1. The zero-order valence-corrected chi connectivity index (χ0v) is 12.2. The van der Waals surface area contributed by atoms with E-state index in [9.17, 15) is 9.90 Å². The van der Waals surface area contributed by atoms with Gasteiger partial charge in [-0.25, -0.2) is 0 Å². The molecule has 0 saturated carbocycles. The van der Waals surface area contributed by atoms with Gasteiger partial charge in [0.05, 0.1) is 38.3 Å². The highest BCUT2D eigenvalue weighted by atomic mass is 35.5. The Labute approximate surface area is 118 Å². The second kappa shape index (κ2) is 9.61. The number of hydrogen-bond acceptors (Lipinski definition) is 4. The van der Waals surface area contributed by atoms with Crippen LogP contribution in [-0.2, 0) is 0 Å². The van der Waals surface area contributed by atoms with Gasteiger partial charge in [-0.2, -0.15) is 0 Å². The largest absolute Gasteiger partial charge is 0.545 e. The van der Waals surface area contributed by atoms with Crippen LogP contribution in [0.5, 0.6) is 5.75 Å². The normalized spacial score (nSPS) is 9.79. The minimum absolute atomic E-state index is 0.0191. The number of ether oxygens (including phenoxy) is 1. The summed E-state index contributed by atoms with van der Waals surface area (Å²) in [4.78, 5) is 11.9. The van der Waals surface area contributed by atoms with E-state index < -0.39 is 5.97 Å². The Morgan fingerprint density at radius 2 is 2.11 bits per heavy atom. The summed E-state index contributed by atoms with van der Waals surface area (Å²) in [7, 11) is 4.02. The van der Waals surface area contributed by atoms with Crippen molar-refractivity contribution in [3.05, 3.63) is 28.8 Å². The third-order valence-electron chi connectivity index (χ3n) is 2.09. The first kappa shape index (κ1) is 17.7. The number of carboxylic acids is 1. The SMILES string of the molecule is CCOc1c(Cl)cccc1C(=O)[O-].C[NH+](C)CCO. The van der Waals surface area contributed by atoms with Gasteiger partial charge in [-0.05, 0) is 19.1 Å². The van der Waals surface area contributed by atoms with Gasteiger partial charge in [0, 0.05) is 5.56 Å². The lowest BCUT2D eigenvalue weighted by molar-refractivity contribution is -0.858. The van der Waals surface area contributed by atoms with Crippen molar-refractivity contribution in [1.82, 2.24) is 0 Å². The molecule has 0 aliphatic heterocycles. The monoisotopic (exact) mass is 289 g/mol. The van der Waals surface area contributed by atoms with Gasteiger partial charge in [0.2, 0.25) is 0 Å². The van der Waals surface area contributed by atoms with E-state index in [0.717, 1.165) is 6.54 Å². The summed E-state index contributed by atoms with van der Waals surface area (Å²) in [6, 6.07) is 4.50. The van der Waals surface area contributed by atoms with Gasteiger partial charge in [-0.3, -0.25) is 0 Å². The van der Waals surface area contributed by atoms with Crippen molar-refractivity contribution in [3.63, 3.8) is 0 Å². The molecular formula is C13H20ClNO4. The van der Waals surface area contributed by atoms with Gasteiger partial charge >= 0.3 is 0 Å². The fourth-order valence-electron chi connectivity index (χ4n) is 1.18. The summed E-state index contributed by atoms with van der Waals surface area (Å²) in [5.74, 6) is -1.11. The molecule has 6 heteroatoms. The molecule has 1 aromatic carbocycles. The van der Waals surface area contributed by atoms with Gasteiger partial charge in [-0.1, -0.05) is 17.7 Å². The minimum atomic E-state index is -1.29. The molecule has 0 amide bonds. The van der Waals surface area contributed by atoms with Crippen LogP contribution < -0.4 is 14.7 Å². The van der Waals surface area contributed by atoms with E-state index in [1.54, 1.807) is 13.0 Å². The quantitative estimate of drug-likeness (QED) is 0.746. The first-order chi connectivity index (χ1) is 8.93. The zero-order valence-electron chi connectivity index (χ0n) is 11.4. The number of aromatic carboxylic acids is 1. The highest BCUT2D eigenvalue weighted by Crippen LogP contribution is 2.27. The molecule has 1 aromatic rings. The molecule has 5 nitrogen and oxygen atoms in total. The maximum Gasteiger partial charge on any atom is 0.146 e. The molecule has 2 N–H and O–H groups in total. The van der Waals surface area contributed by atoms with Crippen LogP contribution >= 0.6 is 11.6 Å². The van der Waals surface area contributed by atoms with Crippen LogP contribution in [0.1, 0.15) is 17.3 Å². The van der Waals surface area contributed by atoms with Gasteiger partial charge in [0.15, 0.2) is 0 Å². The second-order valence-corrected chi connectivity index (χ2v) is 4.42. The number of aliphatic hydroxyl groups is 1. The van der Waals surface area contributed by atoms with Crippen LogP contribution in [0.15, 0.2) is 18.2 Å². The third kappa shape index (κ3) is 7.00. The van der Waals surface area contributed by atoms with Crippen LogP contribution in [-0.4, -0.2) is 44.9 Å². The van der Waals surface area contributed by atoms with Crippen LogP contribution in [0.25, 0.3) is 0 Å². The lowest BCUT2D eigenvalue weighted by Gasteiger charge is -2.11. The number of carbonyl (C=O) groups excluding carboxylic acids is 1. The Morgan fingerprint density at radius 1 is 1.47 bits per heavy atom. The van der Waals surface area contributed by atoms with Crippen molar-refractivity contribution in [2.75, 3.05) is 33.9 Å². The summed E-state index contributed by atoms with van der Waals surface area (Å²) < 4.78 is 5.08. The minimum Gasteiger partial charge on any atom is -0.545 e. The average molecular weight is 290 g/mol. The zero-order chi connectivity index (χ0) is 14.8. The molecule has 0 bridgehead atoms. The molecule has 0 saturated heterocycles. The first-order valence-electron chi connectivity index (χ1n) is 5.96. The predicted octanol–water partition coefficient (Wildman–Crippen LogP) is -0.775. The number of carboxylic acid groups (broad SMARTS) is 1. The lowest BCUT2D eigenvalue weighted by Crippen LogP contribution is -3.06. The number of hydrogen-bond donors (Lipinski definition) is 2. The summed E-state index contributed by atoms with van der Waals surface area (Å²) >= 11 is 5.74. The van der Waals surface area contributed by atoms with E-state index in [4.69, 9.17) is 21.4 Å². The molecule has 108 valence electrons. The van der Waals surface area contributed by atoms with E-state index in [-0.39, 0.29) is 16.3 Å². The Morgan fingerprint density at radius 3 is 2.47 bits per heavy atom. The average Bonchev–Trinajstić information content (AvgIpc) is 2.32. The topological polar surface area (TPSA) is 74.0 Å². The summed E-state index contributed by atoms with van der Waals surface area (Å²) in [6.45, 7) is 3.26. The van der Waals surface area contributed by atoms with Crippen molar-refractivity contribution < 1.29 is 24.6 Å². The molecule has 0 heterocycles. The van der Waals surface area contributed by atoms with E-state index in [1.807, 2.05) is 14.1 Å². The van der Waals surface area contributed by atoms with Crippen LogP contribution in [0, 0.1) is 0 Å². The van der Waals surface area contributed by atoms with Gasteiger partial charge in [0.25, 0.3) is 0 Å². The number of quaternary nitrogens is 1. The molecular weight excluding hydrogens is 270 g/mol. The molecule has 0 aliphatic rings. The summed E-state index contributed by atoms with van der Waals surface area (Å²) in [5, 5.41) is 19.1. The van der Waals surface area contributed by atoms with E-state index in [1.165, 1.54) is 17.0 Å². The molecule has 0 aromatic heterocycles. The summed E-state index contributed by atoms with van der Waals surface area (Å²) in [5.41, 5.74) is -0.0191. The number of halogens is 1. The van der Waals surface area contributed by atoms with E-state index in [2.05, 4.69) is 0 Å². The molecule has 0 unspecified atom stereocenters. The van der Waals surface area contributed by atoms with Gasteiger partial charge < -0.3 is 24.6 Å². The van der Waals surface area contributed by atoms with Crippen molar-refractivity contribution >= 4 is 17.6 Å². The number of aliphatic hydroxyl groups excluding tert-OH is 1. The van der Waals surface area contributed by atoms with E-state index in [0.29, 0.717) is 13.2 Å². The molecule has 0 spiro atoms. The number of rotatable bonds is 5. The Hall–Kier alpha value is -1.30. The number of nitrogens with one attached hydrogen (secondary N) is 1. The molecule has 0 radical (unpaired) electrons. The fraction of sp³-hybridized carbons (Fsp3) is 0.462. The fourth-order valence-corrected chi connectivity index (χ4v) is 1.41. The maximum atomic E-state index is 10.6. The number of likely N-dealkylation sites (N-methyl/N-ethyl adjacent to an activating group) is 1. The third-order valence-corrected chi connectivity index (χ3v) is 2.39. The molecule has 0 fully saturated rings. The van der Waals surface area contributed by atoms with Crippen LogP contribution in [0.2, 0.25) is 5.02 Å². The Kier molecular flexibility index (Phi) is 8.95. The van der Waals surface area contributed by atoms with Crippen molar-refractivity contribution in [1.29, 1.82) is 0 Å². The van der Waals surface area contributed by atoms with Crippen molar-refractivity contribution in [2.24, 2.45) is 0 Å². The molecule has 1 rings (SSSR count). The van der Waals surface area contributed by atoms with Crippen molar-refractivity contribution in [2.45, 2.75) is 6.92 Å². The van der Waals surface area contributed by atoms with Gasteiger partial charge in [-0.15, -0.1) is 0 Å². The number of para-hydroxylation sites is 1. The molecule has 19 heavy (non-hydrogen) atoms. The Bertz CT molecular complexity index is 396. The highest BCUT2D eigenvalue weighted by Gasteiger charge is 2.07. The van der Waals surface area contributed by atoms with E-state index >= 15 is 0 Å². The highest BCUT2D eigenvalue weighted by molar-refractivity contribution is 6.32. The van der Waals surface area contributed by atoms with Crippen molar-refractivity contribution in [3.8, 4) is 5.75 Å². The maximum absolute atomic E-state index is 10.6. The van der Waals surface area contributed by atoms with Crippen LogP contribution in [0.3, 0.4) is 0 Å². The lowest BCUT2D eigenvalue weighted by atomic mass is 10.2. The summed E-state index contributed by atoms with van der Waals surface area (Å²) in [6.07, 6.45) is 0. The van der Waals surface area contributed by atoms with Crippen LogP contribution in [0.4, 0.5) is 0 Å². The molecule has 0 aliphatic carbocycles. The second-order valence-electron chi connectivity index (χ2n) is 4.02. The predicted molar refractivity (Wildman–Crippen MR) is 71.7 cm³/mol. The van der Waals surface area contributed by atoms with Gasteiger partial charge in [0.1, 0.15) is 12.3 Å². The standard InChI is InChI=1S/C9H9ClO3.C4H11NO/c1-2-13-8-6(9(11)12)4-3-5-7(8)10;1-5(2)3-4-6/h3-5H,2H2,1H3,(H,11,12);6H,3-4H2,1-2H3.